The number of hydrogen-bond acceptors (Lipinski definition) is 5. The molecule has 0 aliphatic carbocycles. The molecule has 3 N–H and O–H groups in total. The summed E-state index contributed by atoms with van der Waals surface area (Å²) in [6, 6.07) is 7.99. The average Bonchev–Trinajstić information content (AvgIpc) is 3.42. The number of hydrogen-bond donors (Lipinski definition) is 3. The predicted molar refractivity (Wildman–Crippen MR) is 120 cm³/mol. The lowest BCUT2D eigenvalue weighted by Crippen LogP contribution is -2.38. The minimum absolute atomic E-state index is 0.109. The summed E-state index contributed by atoms with van der Waals surface area (Å²) in [7, 11) is 1.74. The van der Waals surface area contributed by atoms with Gasteiger partial charge in [-0.3, -0.25) is 9.79 Å². The number of carbonyl (C=O) groups is 1. The van der Waals surface area contributed by atoms with E-state index in [1.165, 1.54) is 6.26 Å². The monoisotopic (exact) mass is 428 g/mol. The van der Waals surface area contributed by atoms with Gasteiger partial charge in [-0.05, 0) is 38.0 Å². The first-order valence-electron chi connectivity index (χ1n) is 10.7. The highest BCUT2D eigenvalue weighted by Crippen LogP contribution is 2.23. The smallest absolute Gasteiger partial charge is 0.287 e. The molecule has 1 aliphatic heterocycles. The molecule has 1 aliphatic rings. The molecule has 2 heterocycles. The molecule has 1 amide bonds. The molecule has 0 radical (unpaired) electrons. The van der Waals surface area contributed by atoms with Gasteiger partial charge in [0.05, 0.1) is 19.5 Å². The molecular weight excluding hydrogens is 396 g/mol. The van der Waals surface area contributed by atoms with Gasteiger partial charge in [-0.15, -0.1) is 0 Å². The Balaban J connectivity index is 1.41. The Morgan fingerprint density at radius 2 is 2.03 bits per heavy atom. The van der Waals surface area contributed by atoms with Gasteiger partial charge in [0.1, 0.15) is 11.9 Å². The number of carbonyl (C=O) groups excluding carboxylic acids is 1. The van der Waals surface area contributed by atoms with Gasteiger partial charge in [-0.1, -0.05) is 12.1 Å². The van der Waals surface area contributed by atoms with Gasteiger partial charge in [0.2, 0.25) is 0 Å². The van der Waals surface area contributed by atoms with Crippen molar-refractivity contribution in [1.29, 1.82) is 0 Å². The third-order valence-electron chi connectivity index (χ3n) is 5.07. The van der Waals surface area contributed by atoms with Crippen molar-refractivity contribution in [3.05, 3.63) is 53.0 Å². The van der Waals surface area contributed by atoms with Crippen LogP contribution in [0.4, 0.5) is 0 Å². The van der Waals surface area contributed by atoms with Gasteiger partial charge in [0, 0.05) is 44.2 Å². The van der Waals surface area contributed by atoms with Crippen LogP contribution in [-0.4, -0.2) is 51.3 Å². The molecule has 1 aromatic carbocycles. The first-order valence-corrected chi connectivity index (χ1v) is 10.7. The number of amides is 1. The van der Waals surface area contributed by atoms with E-state index in [4.69, 9.17) is 13.9 Å². The van der Waals surface area contributed by atoms with Crippen LogP contribution in [0.3, 0.4) is 0 Å². The maximum atomic E-state index is 12.0. The van der Waals surface area contributed by atoms with E-state index < -0.39 is 0 Å². The molecule has 0 bridgehead atoms. The lowest BCUT2D eigenvalue weighted by molar-refractivity contribution is 0.0925. The highest BCUT2D eigenvalue weighted by Gasteiger charge is 2.19. The Morgan fingerprint density at radius 3 is 2.74 bits per heavy atom. The van der Waals surface area contributed by atoms with Gasteiger partial charge in [-0.25, -0.2) is 0 Å². The number of benzene rings is 1. The zero-order chi connectivity index (χ0) is 22.1. The number of nitrogens with one attached hydrogen (secondary N) is 3. The molecule has 0 spiro atoms. The van der Waals surface area contributed by atoms with Crippen LogP contribution in [0.1, 0.15) is 40.1 Å². The van der Waals surface area contributed by atoms with Crippen molar-refractivity contribution < 1.29 is 18.7 Å². The summed E-state index contributed by atoms with van der Waals surface area (Å²) < 4.78 is 16.8. The van der Waals surface area contributed by atoms with Crippen LogP contribution < -0.4 is 20.7 Å². The lowest BCUT2D eigenvalue weighted by atomic mass is 10.1. The van der Waals surface area contributed by atoms with Crippen LogP contribution in [0.15, 0.2) is 39.9 Å². The zero-order valence-corrected chi connectivity index (χ0v) is 18.5. The Kier molecular flexibility index (Phi) is 8.35. The molecule has 3 rings (SSSR count). The number of nitrogens with zero attached hydrogens (tertiary/aromatic N) is 1. The standard InChI is InChI=1S/C23H32N4O4/c1-16-5-6-18(20(13-16)31-19-8-11-29-15-19)14-27-23(24-3)26-10-4-9-25-22(28)21-17(2)7-12-30-21/h5-7,12-13,19H,4,8-11,14-15H2,1-3H3,(H,25,28)(H2,24,26,27). The van der Waals surface area contributed by atoms with Crippen molar-refractivity contribution >= 4 is 11.9 Å². The fraction of sp³-hybridized carbons (Fsp3) is 0.478. The summed E-state index contributed by atoms with van der Waals surface area (Å²) in [5, 5.41) is 9.45. The van der Waals surface area contributed by atoms with Gasteiger partial charge in [-0.2, -0.15) is 0 Å². The van der Waals surface area contributed by atoms with Gasteiger partial charge in [0.15, 0.2) is 11.7 Å². The van der Waals surface area contributed by atoms with Crippen molar-refractivity contribution in [3.63, 3.8) is 0 Å². The van der Waals surface area contributed by atoms with Crippen molar-refractivity contribution in [2.75, 3.05) is 33.4 Å². The summed E-state index contributed by atoms with van der Waals surface area (Å²) >= 11 is 0. The molecule has 1 unspecified atom stereocenters. The van der Waals surface area contributed by atoms with Crippen molar-refractivity contribution in [2.24, 2.45) is 4.99 Å². The second-order valence-electron chi connectivity index (χ2n) is 7.61. The molecule has 1 fully saturated rings. The summed E-state index contributed by atoms with van der Waals surface area (Å²) in [5.41, 5.74) is 3.06. The normalized spacial score (nSPS) is 16.2. The number of furan rings is 1. The minimum Gasteiger partial charge on any atom is -0.488 e. The van der Waals surface area contributed by atoms with E-state index in [2.05, 4.69) is 46.1 Å². The summed E-state index contributed by atoms with van der Waals surface area (Å²) in [4.78, 5) is 16.3. The Morgan fingerprint density at radius 1 is 1.19 bits per heavy atom. The molecule has 8 heteroatoms. The molecule has 1 atom stereocenters. The maximum Gasteiger partial charge on any atom is 0.287 e. The third kappa shape index (κ3) is 6.75. The SMILES string of the molecule is CN=C(NCCCNC(=O)c1occc1C)NCc1ccc(C)cc1OC1CCOC1. The molecule has 168 valence electrons. The van der Waals surface area contributed by atoms with Crippen LogP contribution in [0, 0.1) is 13.8 Å². The average molecular weight is 429 g/mol. The minimum atomic E-state index is -0.190. The second kappa shape index (κ2) is 11.4. The number of aliphatic imine (C=N–C) groups is 1. The fourth-order valence-corrected chi connectivity index (χ4v) is 3.29. The molecule has 8 nitrogen and oxygen atoms in total. The maximum absolute atomic E-state index is 12.0. The van der Waals surface area contributed by atoms with Crippen molar-refractivity contribution in [1.82, 2.24) is 16.0 Å². The number of aryl methyl sites for hydroxylation is 2. The van der Waals surface area contributed by atoms with Crippen molar-refractivity contribution in [3.8, 4) is 5.75 Å². The summed E-state index contributed by atoms with van der Waals surface area (Å²) in [6.07, 6.45) is 3.30. The topological polar surface area (TPSA) is 97.1 Å². The van der Waals surface area contributed by atoms with Gasteiger partial charge in [0.25, 0.3) is 5.91 Å². The molecule has 31 heavy (non-hydrogen) atoms. The summed E-state index contributed by atoms with van der Waals surface area (Å²) in [6.45, 7) is 7.11. The van der Waals surface area contributed by atoms with Crippen LogP contribution in [0.5, 0.6) is 5.75 Å². The first kappa shape index (κ1) is 22.7. The van der Waals surface area contributed by atoms with E-state index in [9.17, 15) is 4.79 Å². The zero-order valence-electron chi connectivity index (χ0n) is 18.5. The van der Waals surface area contributed by atoms with E-state index in [0.29, 0.717) is 38.0 Å². The Bertz CT molecular complexity index is 887. The number of rotatable bonds is 9. The quantitative estimate of drug-likeness (QED) is 0.323. The molecule has 1 aromatic heterocycles. The van der Waals surface area contributed by atoms with E-state index in [-0.39, 0.29) is 12.0 Å². The first-order chi connectivity index (χ1) is 15.1. The van der Waals surface area contributed by atoms with Crippen LogP contribution in [0.2, 0.25) is 0 Å². The summed E-state index contributed by atoms with van der Waals surface area (Å²) in [5.74, 6) is 1.76. The van der Waals surface area contributed by atoms with Crippen LogP contribution >= 0.6 is 0 Å². The largest absolute Gasteiger partial charge is 0.488 e. The van der Waals surface area contributed by atoms with Crippen LogP contribution in [-0.2, 0) is 11.3 Å². The highest BCUT2D eigenvalue weighted by molar-refractivity contribution is 5.92. The van der Waals surface area contributed by atoms with E-state index >= 15 is 0 Å². The Hall–Kier alpha value is -3.00. The fourth-order valence-electron chi connectivity index (χ4n) is 3.29. The third-order valence-corrected chi connectivity index (χ3v) is 5.07. The number of guanidine groups is 1. The second-order valence-corrected chi connectivity index (χ2v) is 7.61. The predicted octanol–water partition coefficient (Wildman–Crippen LogP) is 2.55. The van der Waals surface area contributed by atoms with Gasteiger partial charge < -0.3 is 29.8 Å². The molecule has 0 saturated carbocycles. The van der Waals surface area contributed by atoms with Gasteiger partial charge >= 0.3 is 0 Å². The van der Waals surface area contributed by atoms with Crippen molar-refractivity contribution in [2.45, 2.75) is 39.3 Å². The van der Waals surface area contributed by atoms with Crippen LogP contribution in [0.25, 0.3) is 0 Å². The van der Waals surface area contributed by atoms with E-state index in [1.54, 1.807) is 13.1 Å². The van der Waals surface area contributed by atoms with E-state index in [0.717, 1.165) is 41.9 Å². The molecular formula is C23H32N4O4. The van der Waals surface area contributed by atoms with E-state index in [1.807, 2.05) is 6.92 Å². The Labute approximate surface area is 183 Å². The molecule has 2 aromatic rings. The molecule has 1 saturated heterocycles. The number of ether oxygens (including phenoxy) is 2. The lowest BCUT2D eigenvalue weighted by Gasteiger charge is -2.18. The highest BCUT2D eigenvalue weighted by atomic mass is 16.5.